The van der Waals surface area contributed by atoms with Crippen LogP contribution in [0.4, 0.5) is 5.82 Å². The van der Waals surface area contributed by atoms with Crippen molar-refractivity contribution >= 4 is 16.7 Å². The van der Waals surface area contributed by atoms with Gasteiger partial charge in [0.25, 0.3) is 0 Å². The second-order valence-electron chi connectivity index (χ2n) is 2.96. The van der Waals surface area contributed by atoms with E-state index in [0.29, 0.717) is 5.82 Å². The number of hydrogen-bond donors (Lipinski definition) is 1. The van der Waals surface area contributed by atoms with Crippen molar-refractivity contribution < 1.29 is 0 Å². The van der Waals surface area contributed by atoms with E-state index in [4.69, 9.17) is 5.73 Å². The minimum atomic E-state index is 0.556. The van der Waals surface area contributed by atoms with Crippen molar-refractivity contribution in [3.8, 4) is 0 Å². The third kappa shape index (κ3) is 1.33. The SMILES string of the molecule is CCc1ccc2ncnc(N)c2c1. The molecule has 0 fully saturated rings. The molecule has 0 atom stereocenters. The number of hydrogen-bond acceptors (Lipinski definition) is 3. The molecule has 2 N–H and O–H groups in total. The van der Waals surface area contributed by atoms with E-state index in [9.17, 15) is 0 Å². The molecule has 0 saturated heterocycles. The van der Waals surface area contributed by atoms with Crippen LogP contribution < -0.4 is 5.73 Å². The highest BCUT2D eigenvalue weighted by atomic mass is 14.9. The predicted molar refractivity (Wildman–Crippen MR) is 53.3 cm³/mol. The number of benzene rings is 1. The summed E-state index contributed by atoms with van der Waals surface area (Å²) in [6.45, 7) is 2.11. The Bertz CT molecular complexity index is 437. The second kappa shape index (κ2) is 3.01. The molecule has 13 heavy (non-hydrogen) atoms. The van der Waals surface area contributed by atoms with Crippen LogP contribution in [-0.4, -0.2) is 9.97 Å². The molecule has 3 nitrogen and oxygen atoms in total. The van der Waals surface area contributed by atoms with Gasteiger partial charge in [-0.15, -0.1) is 0 Å². The summed E-state index contributed by atoms with van der Waals surface area (Å²) in [6, 6.07) is 6.09. The molecule has 3 heteroatoms. The predicted octanol–water partition coefficient (Wildman–Crippen LogP) is 1.77. The van der Waals surface area contributed by atoms with Crippen LogP contribution in [0.1, 0.15) is 12.5 Å². The fourth-order valence-electron chi connectivity index (χ4n) is 1.34. The minimum Gasteiger partial charge on any atom is -0.383 e. The molecule has 1 aromatic carbocycles. The number of nitrogen functional groups attached to an aromatic ring is 1. The average molecular weight is 173 g/mol. The fourth-order valence-corrected chi connectivity index (χ4v) is 1.34. The van der Waals surface area contributed by atoms with Gasteiger partial charge in [-0.3, -0.25) is 0 Å². The zero-order valence-electron chi connectivity index (χ0n) is 7.49. The number of nitrogens with zero attached hydrogens (tertiary/aromatic N) is 2. The monoisotopic (exact) mass is 173 g/mol. The number of nitrogens with two attached hydrogens (primary N) is 1. The number of aryl methyl sites for hydroxylation is 1. The molecule has 0 bridgehead atoms. The Balaban J connectivity index is 2.74. The Hall–Kier alpha value is -1.64. The first-order valence-corrected chi connectivity index (χ1v) is 4.30. The molecular formula is C10H11N3. The Morgan fingerprint density at radius 3 is 2.92 bits per heavy atom. The van der Waals surface area contributed by atoms with Crippen LogP contribution in [0, 0.1) is 0 Å². The van der Waals surface area contributed by atoms with E-state index in [1.54, 1.807) is 0 Å². The first kappa shape index (κ1) is 7.98. The van der Waals surface area contributed by atoms with Gasteiger partial charge in [-0.05, 0) is 24.1 Å². The van der Waals surface area contributed by atoms with Crippen molar-refractivity contribution in [2.75, 3.05) is 5.73 Å². The zero-order chi connectivity index (χ0) is 9.26. The third-order valence-electron chi connectivity index (χ3n) is 2.14. The molecule has 0 spiro atoms. The molecule has 0 aliphatic heterocycles. The summed E-state index contributed by atoms with van der Waals surface area (Å²) in [5, 5.41) is 0.946. The number of fused-ring (bicyclic) bond motifs is 1. The van der Waals surface area contributed by atoms with Crippen molar-refractivity contribution in [2.45, 2.75) is 13.3 Å². The highest BCUT2D eigenvalue weighted by Crippen LogP contribution is 2.17. The van der Waals surface area contributed by atoms with Gasteiger partial charge in [0, 0.05) is 5.39 Å². The maximum atomic E-state index is 5.73. The summed E-state index contributed by atoms with van der Waals surface area (Å²) in [4.78, 5) is 8.08. The molecule has 0 saturated carbocycles. The van der Waals surface area contributed by atoms with Gasteiger partial charge in [-0.1, -0.05) is 13.0 Å². The summed E-state index contributed by atoms with van der Waals surface area (Å²) in [6.07, 6.45) is 2.49. The first-order valence-electron chi connectivity index (χ1n) is 4.30. The fraction of sp³-hybridized carbons (Fsp3) is 0.200. The molecule has 66 valence electrons. The highest BCUT2D eigenvalue weighted by molar-refractivity contribution is 5.88. The molecule has 1 aromatic heterocycles. The molecule has 0 aliphatic carbocycles. The molecule has 1 heterocycles. The van der Waals surface area contributed by atoms with Crippen LogP contribution in [0.25, 0.3) is 10.9 Å². The van der Waals surface area contributed by atoms with Crippen molar-refractivity contribution in [1.29, 1.82) is 0 Å². The van der Waals surface area contributed by atoms with Crippen LogP contribution in [-0.2, 0) is 6.42 Å². The van der Waals surface area contributed by atoms with Crippen molar-refractivity contribution in [1.82, 2.24) is 9.97 Å². The van der Waals surface area contributed by atoms with Gasteiger partial charge < -0.3 is 5.73 Å². The van der Waals surface area contributed by atoms with Crippen LogP contribution >= 0.6 is 0 Å². The molecule has 0 aliphatic rings. The van der Waals surface area contributed by atoms with E-state index < -0.39 is 0 Å². The van der Waals surface area contributed by atoms with E-state index in [0.717, 1.165) is 17.3 Å². The van der Waals surface area contributed by atoms with E-state index >= 15 is 0 Å². The Labute approximate surface area is 76.6 Å². The van der Waals surface area contributed by atoms with Crippen LogP contribution in [0.15, 0.2) is 24.5 Å². The average Bonchev–Trinajstić information content (AvgIpc) is 2.18. The largest absolute Gasteiger partial charge is 0.383 e. The van der Waals surface area contributed by atoms with E-state index in [1.165, 1.54) is 11.9 Å². The van der Waals surface area contributed by atoms with Gasteiger partial charge in [0.05, 0.1) is 5.52 Å². The summed E-state index contributed by atoms with van der Waals surface area (Å²) in [5.74, 6) is 0.556. The molecular weight excluding hydrogens is 162 g/mol. The quantitative estimate of drug-likeness (QED) is 0.715. The first-order chi connectivity index (χ1) is 6.31. The third-order valence-corrected chi connectivity index (χ3v) is 2.14. The van der Waals surface area contributed by atoms with E-state index in [-0.39, 0.29) is 0 Å². The maximum Gasteiger partial charge on any atom is 0.134 e. The van der Waals surface area contributed by atoms with Gasteiger partial charge in [-0.2, -0.15) is 0 Å². The van der Waals surface area contributed by atoms with Crippen molar-refractivity contribution in [2.24, 2.45) is 0 Å². The van der Waals surface area contributed by atoms with Crippen molar-refractivity contribution in [3.63, 3.8) is 0 Å². The number of anilines is 1. The lowest BCUT2D eigenvalue weighted by molar-refractivity contribution is 1.14. The van der Waals surface area contributed by atoms with Gasteiger partial charge in [0.1, 0.15) is 12.1 Å². The molecule has 2 aromatic rings. The van der Waals surface area contributed by atoms with Gasteiger partial charge in [0.2, 0.25) is 0 Å². The summed E-state index contributed by atoms with van der Waals surface area (Å²) in [7, 11) is 0. The van der Waals surface area contributed by atoms with Crippen LogP contribution in [0.2, 0.25) is 0 Å². The summed E-state index contributed by atoms with van der Waals surface area (Å²) >= 11 is 0. The Morgan fingerprint density at radius 2 is 2.15 bits per heavy atom. The normalized spacial score (nSPS) is 10.5. The van der Waals surface area contributed by atoms with Crippen molar-refractivity contribution in [3.05, 3.63) is 30.1 Å². The van der Waals surface area contributed by atoms with Gasteiger partial charge in [-0.25, -0.2) is 9.97 Å². The molecule has 0 radical (unpaired) electrons. The molecule has 2 rings (SSSR count). The zero-order valence-corrected chi connectivity index (χ0v) is 7.49. The van der Waals surface area contributed by atoms with Gasteiger partial charge in [0.15, 0.2) is 0 Å². The smallest absolute Gasteiger partial charge is 0.134 e. The topological polar surface area (TPSA) is 51.8 Å². The standard InChI is InChI=1S/C10H11N3/c1-2-7-3-4-9-8(5-7)10(11)13-6-12-9/h3-6H,2H2,1H3,(H2,11,12,13). The number of aromatic nitrogens is 2. The molecule has 0 unspecified atom stereocenters. The van der Waals surface area contributed by atoms with E-state index in [2.05, 4.69) is 23.0 Å². The number of rotatable bonds is 1. The maximum absolute atomic E-state index is 5.73. The lowest BCUT2D eigenvalue weighted by Gasteiger charge is -2.01. The second-order valence-corrected chi connectivity index (χ2v) is 2.96. The Kier molecular flexibility index (Phi) is 1.85. The minimum absolute atomic E-state index is 0.556. The highest BCUT2D eigenvalue weighted by Gasteiger charge is 1.99. The van der Waals surface area contributed by atoms with Crippen LogP contribution in [0.5, 0.6) is 0 Å². The van der Waals surface area contributed by atoms with Gasteiger partial charge >= 0.3 is 0 Å². The Morgan fingerprint density at radius 1 is 1.31 bits per heavy atom. The van der Waals surface area contributed by atoms with E-state index in [1.807, 2.05) is 12.1 Å². The van der Waals surface area contributed by atoms with Crippen LogP contribution in [0.3, 0.4) is 0 Å². The lowest BCUT2D eigenvalue weighted by Crippen LogP contribution is -1.93. The summed E-state index contributed by atoms with van der Waals surface area (Å²) < 4.78 is 0. The molecule has 0 amide bonds. The summed E-state index contributed by atoms with van der Waals surface area (Å²) in [5.41, 5.74) is 7.89. The lowest BCUT2D eigenvalue weighted by atomic mass is 10.1.